The van der Waals surface area contributed by atoms with Gasteiger partial charge in [-0.3, -0.25) is 9.78 Å². The number of aromatic nitrogens is 2. The Labute approximate surface area is 150 Å². The minimum Gasteiger partial charge on any atom is -0.335 e. The van der Waals surface area contributed by atoms with Crippen LogP contribution in [0, 0.1) is 12.7 Å². The molecule has 128 valence electrons. The fraction of sp³-hybridized carbons (Fsp3) is 0.211. The molecule has 2 heterocycles. The van der Waals surface area contributed by atoms with Crippen molar-refractivity contribution in [2.75, 3.05) is 7.05 Å². The minimum atomic E-state index is -0.258. The molecule has 1 aromatic carbocycles. The summed E-state index contributed by atoms with van der Waals surface area (Å²) in [5.41, 5.74) is 2.53. The van der Waals surface area contributed by atoms with Gasteiger partial charge < -0.3 is 4.90 Å². The molecule has 0 N–H and O–H groups in total. The Morgan fingerprint density at radius 2 is 1.96 bits per heavy atom. The first kappa shape index (κ1) is 17.2. The van der Waals surface area contributed by atoms with E-state index in [0.717, 1.165) is 22.0 Å². The highest BCUT2D eigenvalue weighted by molar-refractivity contribution is 7.13. The summed E-state index contributed by atoms with van der Waals surface area (Å²) in [6.45, 7) is 2.29. The number of hydrogen-bond acceptors (Lipinski definition) is 4. The lowest BCUT2D eigenvalue weighted by Crippen LogP contribution is -2.26. The number of aryl methyl sites for hydroxylation is 1. The average Bonchev–Trinajstić information content (AvgIpc) is 2.97. The second-order valence-corrected chi connectivity index (χ2v) is 6.89. The first-order chi connectivity index (χ1) is 12.0. The maximum atomic E-state index is 13.0. The lowest BCUT2D eigenvalue weighted by Gasteiger charge is -2.15. The van der Waals surface area contributed by atoms with Crippen LogP contribution in [0.15, 0.2) is 48.7 Å². The Hall–Kier alpha value is -2.60. The van der Waals surface area contributed by atoms with Gasteiger partial charge in [-0.25, -0.2) is 9.37 Å². The first-order valence-electron chi connectivity index (χ1n) is 7.89. The van der Waals surface area contributed by atoms with Crippen LogP contribution in [-0.2, 0) is 13.0 Å². The van der Waals surface area contributed by atoms with E-state index < -0.39 is 0 Å². The maximum Gasteiger partial charge on any atom is 0.265 e. The molecule has 0 saturated heterocycles. The third kappa shape index (κ3) is 4.28. The van der Waals surface area contributed by atoms with Gasteiger partial charge in [0.25, 0.3) is 5.91 Å². The van der Waals surface area contributed by atoms with Gasteiger partial charge in [0.2, 0.25) is 0 Å². The molecule has 1 amide bonds. The van der Waals surface area contributed by atoms with Crippen LogP contribution in [-0.4, -0.2) is 27.8 Å². The summed E-state index contributed by atoms with van der Waals surface area (Å²) in [4.78, 5) is 23.7. The van der Waals surface area contributed by atoms with E-state index in [4.69, 9.17) is 0 Å². The van der Waals surface area contributed by atoms with Gasteiger partial charge in [0, 0.05) is 19.7 Å². The molecule has 25 heavy (non-hydrogen) atoms. The number of carbonyl (C=O) groups is 1. The summed E-state index contributed by atoms with van der Waals surface area (Å²) in [5.74, 6) is -0.322. The fourth-order valence-corrected chi connectivity index (χ4v) is 3.58. The molecule has 4 nitrogen and oxygen atoms in total. The van der Waals surface area contributed by atoms with Crippen molar-refractivity contribution in [3.05, 3.63) is 81.3 Å². The van der Waals surface area contributed by atoms with Gasteiger partial charge in [-0.2, -0.15) is 0 Å². The monoisotopic (exact) mass is 355 g/mol. The van der Waals surface area contributed by atoms with Crippen LogP contribution in [0.1, 0.15) is 31.6 Å². The number of benzene rings is 1. The number of rotatable bonds is 5. The average molecular weight is 355 g/mol. The van der Waals surface area contributed by atoms with Gasteiger partial charge in [-0.1, -0.05) is 18.2 Å². The van der Waals surface area contributed by atoms with Gasteiger partial charge in [0.15, 0.2) is 0 Å². The van der Waals surface area contributed by atoms with Crippen molar-refractivity contribution < 1.29 is 9.18 Å². The Bertz CT molecular complexity index is 862. The third-order valence-corrected chi connectivity index (χ3v) is 4.92. The molecular formula is C19H18FN3OS. The van der Waals surface area contributed by atoms with E-state index >= 15 is 0 Å². The second kappa shape index (κ2) is 7.53. The zero-order chi connectivity index (χ0) is 17.8. The molecule has 0 atom stereocenters. The number of thiazole rings is 1. The van der Waals surface area contributed by atoms with Crippen molar-refractivity contribution in [3.63, 3.8) is 0 Å². The quantitative estimate of drug-likeness (QED) is 0.698. The Kier molecular flexibility index (Phi) is 5.19. The Morgan fingerprint density at radius 3 is 2.64 bits per heavy atom. The van der Waals surface area contributed by atoms with Gasteiger partial charge in [-0.05, 0) is 36.8 Å². The van der Waals surface area contributed by atoms with Crippen LogP contribution in [0.4, 0.5) is 4.39 Å². The lowest BCUT2D eigenvalue weighted by molar-refractivity contribution is 0.0787. The Balaban J connectivity index is 1.72. The van der Waals surface area contributed by atoms with E-state index in [1.807, 2.05) is 25.1 Å². The molecule has 0 bridgehead atoms. The zero-order valence-corrected chi connectivity index (χ0v) is 14.9. The van der Waals surface area contributed by atoms with Crippen LogP contribution in [0.25, 0.3) is 0 Å². The van der Waals surface area contributed by atoms with Crippen molar-refractivity contribution in [3.8, 4) is 0 Å². The third-order valence-electron chi connectivity index (χ3n) is 3.78. The molecule has 0 unspecified atom stereocenters. The van der Waals surface area contributed by atoms with E-state index in [9.17, 15) is 9.18 Å². The van der Waals surface area contributed by atoms with Crippen LogP contribution in [0.3, 0.4) is 0 Å². The summed E-state index contributed by atoms with van der Waals surface area (Å²) < 4.78 is 13.0. The highest BCUT2D eigenvalue weighted by atomic mass is 32.1. The van der Waals surface area contributed by atoms with E-state index in [1.165, 1.54) is 23.5 Å². The topological polar surface area (TPSA) is 46.1 Å². The van der Waals surface area contributed by atoms with E-state index in [-0.39, 0.29) is 11.7 Å². The standard InChI is InChI=1S/C19H18FN3OS/c1-13-18(19(24)23(2)12-16-5-3-4-10-21-16)25-17(22-13)11-14-6-8-15(20)9-7-14/h3-10H,11-12H2,1-2H3. The number of amides is 1. The second-order valence-electron chi connectivity index (χ2n) is 5.81. The molecule has 0 spiro atoms. The number of hydrogen-bond donors (Lipinski definition) is 0. The number of nitrogens with zero attached hydrogens (tertiary/aromatic N) is 3. The van der Waals surface area contributed by atoms with Crippen molar-refractivity contribution in [1.82, 2.24) is 14.9 Å². The van der Waals surface area contributed by atoms with Crippen LogP contribution >= 0.6 is 11.3 Å². The summed E-state index contributed by atoms with van der Waals surface area (Å²) in [6, 6.07) is 12.0. The molecular weight excluding hydrogens is 337 g/mol. The Morgan fingerprint density at radius 1 is 1.20 bits per heavy atom. The van der Waals surface area contributed by atoms with E-state index in [1.54, 1.807) is 30.3 Å². The molecule has 6 heteroatoms. The maximum absolute atomic E-state index is 13.0. The number of pyridine rings is 1. The van der Waals surface area contributed by atoms with Crippen molar-refractivity contribution in [1.29, 1.82) is 0 Å². The normalized spacial score (nSPS) is 10.7. The van der Waals surface area contributed by atoms with E-state index in [0.29, 0.717) is 17.8 Å². The van der Waals surface area contributed by atoms with Crippen LogP contribution in [0.5, 0.6) is 0 Å². The summed E-state index contributed by atoms with van der Waals surface area (Å²) in [5, 5.41) is 0.846. The van der Waals surface area contributed by atoms with Gasteiger partial charge >= 0.3 is 0 Å². The fourth-order valence-electron chi connectivity index (χ4n) is 2.48. The molecule has 3 rings (SSSR count). The molecule has 3 aromatic rings. The van der Waals surface area contributed by atoms with Crippen molar-refractivity contribution in [2.45, 2.75) is 19.9 Å². The van der Waals surface area contributed by atoms with Gasteiger partial charge in [-0.15, -0.1) is 11.3 Å². The minimum absolute atomic E-state index is 0.0639. The van der Waals surface area contributed by atoms with Gasteiger partial charge in [0.1, 0.15) is 10.7 Å². The van der Waals surface area contributed by atoms with Crippen LogP contribution < -0.4 is 0 Å². The lowest BCUT2D eigenvalue weighted by atomic mass is 10.1. The number of carbonyl (C=O) groups excluding carboxylic acids is 1. The summed E-state index contributed by atoms with van der Waals surface area (Å²) in [7, 11) is 1.76. The molecule has 0 saturated carbocycles. The SMILES string of the molecule is Cc1nc(Cc2ccc(F)cc2)sc1C(=O)N(C)Cc1ccccn1. The molecule has 0 aliphatic carbocycles. The molecule has 0 aliphatic heterocycles. The van der Waals surface area contributed by atoms with Gasteiger partial charge in [0.05, 0.1) is 22.9 Å². The smallest absolute Gasteiger partial charge is 0.265 e. The molecule has 2 aromatic heterocycles. The molecule has 0 aliphatic rings. The largest absolute Gasteiger partial charge is 0.335 e. The zero-order valence-electron chi connectivity index (χ0n) is 14.1. The summed E-state index contributed by atoms with van der Waals surface area (Å²) in [6.07, 6.45) is 2.30. The highest BCUT2D eigenvalue weighted by Crippen LogP contribution is 2.22. The number of halogens is 1. The van der Waals surface area contributed by atoms with Crippen LogP contribution in [0.2, 0.25) is 0 Å². The highest BCUT2D eigenvalue weighted by Gasteiger charge is 2.19. The predicted octanol–water partition coefficient (Wildman–Crippen LogP) is 3.85. The van der Waals surface area contributed by atoms with Crippen molar-refractivity contribution >= 4 is 17.2 Å². The van der Waals surface area contributed by atoms with E-state index in [2.05, 4.69) is 9.97 Å². The molecule has 0 radical (unpaired) electrons. The summed E-state index contributed by atoms with van der Waals surface area (Å²) >= 11 is 1.39. The first-order valence-corrected chi connectivity index (χ1v) is 8.70. The predicted molar refractivity (Wildman–Crippen MR) is 96.1 cm³/mol. The van der Waals surface area contributed by atoms with Crippen molar-refractivity contribution in [2.24, 2.45) is 0 Å². The molecule has 0 fully saturated rings.